The Hall–Kier alpha value is -2.15. The summed E-state index contributed by atoms with van der Waals surface area (Å²) in [7, 11) is 0. The molecule has 5 nitrogen and oxygen atoms in total. The molecule has 2 rings (SSSR count). The summed E-state index contributed by atoms with van der Waals surface area (Å²) in [6, 6.07) is 5.47. The van der Waals surface area contributed by atoms with Crippen LogP contribution in [0.2, 0.25) is 5.02 Å². The lowest BCUT2D eigenvalue weighted by atomic mass is 10.1. The van der Waals surface area contributed by atoms with E-state index in [2.05, 4.69) is 5.32 Å². The molecule has 1 saturated heterocycles. The molecule has 0 spiro atoms. The molecule has 0 radical (unpaired) electrons. The first-order valence-electron chi connectivity index (χ1n) is 7.32. The second kappa shape index (κ2) is 7.61. The Balaban J connectivity index is 2.02. The lowest BCUT2D eigenvalue weighted by molar-refractivity contribution is -0.124. The lowest BCUT2D eigenvalue weighted by Crippen LogP contribution is -2.45. The van der Waals surface area contributed by atoms with E-state index in [1.807, 2.05) is 0 Å². The third kappa shape index (κ3) is 4.23. The minimum absolute atomic E-state index is 0.225. The topological polar surface area (TPSA) is 69.6 Å². The summed E-state index contributed by atoms with van der Waals surface area (Å²) < 4.78 is 27.6. The zero-order chi connectivity index (χ0) is 17.9. The highest BCUT2D eigenvalue weighted by Gasteiger charge is 2.39. The Labute approximate surface area is 142 Å². The second-order valence-corrected chi connectivity index (χ2v) is 5.98. The molecule has 1 fully saturated rings. The molecule has 0 bridgehead atoms. The van der Waals surface area contributed by atoms with E-state index in [1.165, 1.54) is 0 Å². The van der Waals surface area contributed by atoms with Crippen molar-refractivity contribution in [1.82, 2.24) is 10.2 Å². The van der Waals surface area contributed by atoms with Gasteiger partial charge in [-0.1, -0.05) is 23.7 Å². The van der Waals surface area contributed by atoms with Crippen LogP contribution in [0.5, 0.6) is 0 Å². The summed E-state index contributed by atoms with van der Waals surface area (Å²) in [4.78, 5) is 23.8. The van der Waals surface area contributed by atoms with Gasteiger partial charge in [0.2, 0.25) is 5.91 Å². The lowest BCUT2D eigenvalue weighted by Gasteiger charge is -2.20. The van der Waals surface area contributed by atoms with Crippen LogP contribution in [0.3, 0.4) is 0 Å². The highest BCUT2D eigenvalue weighted by molar-refractivity contribution is 6.30. The molecule has 8 heteroatoms. The maximum Gasteiger partial charge on any atom is 0.408 e. The van der Waals surface area contributed by atoms with Crippen molar-refractivity contribution in [2.75, 3.05) is 13.1 Å². The first-order chi connectivity index (χ1) is 11.3. The molecule has 0 unspecified atom stereocenters. The van der Waals surface area contributed by atoms with Crippen molar-refractivity contribution in [3.8, 4) is 0 Å². The molecule has 0 aliphatic carbocycles. The first kappa shape index (κ1) is 18.2. The molecular formula is C16H17ClF2N2O3. The summed E-state index contributed by atoms with van der Waals surface area (Å²) in [5, 5.41) is 11.8. The molecule has 2 atom stereocenters. The normalized spacial score (nSPS) is 21.4. The number of benzene rings is 1. The Bertz CT molecular complexity index is 681. The van der Waals surface area contributed by atoms with Gasteiger partial charge in [0.15, 0.2) is 0 Å². The first-order valence-corrected chi connectivity index (χ1v) is 7.70. The summed E-state index contributed by atoms with van der Waals surface area (Å²) in [6.07, 6.45) is -3.00. The number of amides is 2. The molecule has 0 saturated carbocycles. The highest BCUT2D eigenvalue weighted by Crippen LogP contribution is 2.23. The molecule has 1 heterocycles. The summed E-state index contributed by atoms with van der Waals surface area (Å²) in [6.45, 7) is 0.787. The molecule has 2 N–H and O–H groups in total. The van der Waals surface area contributed by atoms with Gasteiger partial charge in [-0.25, -0.2) is 13.6 Å². The van der Waals surface area contributed by atoms with Gasteiger partial charge in [0.1, 0.15) is 18.0 Å². The van der Waals surface area contributed by atoms with Crippen LogP contribution in [0, 0.1) is 0 Å². The van der Waals surface area contributed by atoms with Crippen molar-refractivity contribution in [1.29, 1.82) is 0 Å². The predicted molar refractivity (Wildman–Crippen MR) is 86.2 cm³/mol. The van der Waals surface area contributed by atoms with Crippen molar-refractivity contribution < 1.29 is 23.5 Å². The number of nitrogens with one attached hydrogen (secondary N) is 1. The van der Waals surface area contributed by atoms with Crippen molar-refractivity contribution in [2.24, 2.45) is 0 Å². The van der Waals surface area contributed by atoms with Crippen molar-refractivity contribution in [3.63, 3.8) is 0 Å². The SMILES string of the molecule is C/C(=C(\F)CNC(=O)[C@@H]1C[C@@H](F)CN1C(=O)O)c1cccc(Cl)c1. The van der Waals surface area contributed by atoms with E-state index < -0.39 is 36.6 Å². The number of alkyl halides is 1. The number of carbonyl (C=O) groups excluding carboxylic acids is 1. The third-order valence-electron chi connectivity index (χ3n) is 3.88. The van der Waals surface area contributed by atoms with Gasteiger partial charge in [0, 0.05) is 11.4 Å². The molecule has 1 aliphatic rings. The van der Waals surface area contributed by atoms with Gasteiger partial charge in [0.25, 0.3) is 0 Å². The minimum Gasteiger partial charge on any atom is -0.465 e. The van der Waals surface area contributed by atoms with Crippen LogP contribution < -0.4 is 5.32 Å². The fourth-order valence-electron chi connectivity index (χ4n) is 2.54. The minimum atomic E-state index is -1.40. The fraction of sp³-hybridized carbons (Fsp3) is 0.375. The van der Waals surface area contributed by atoms with Crippen LogP contribution in [0.1, 0.15) is 18.9 Å². The van der Waals surface area contributed by atoms with Gasteiger partial charge in [0.05, 0.1) is 13.1 Å². The number of halogens is 3. The molecule has 2 amide bonds. The number of rotatable bonds is 4. The van der Waals surface area contributed by atoms with Crippen LogP contribution in [0.15, 0.2) is 30.1 Å². The quantitative estimate of drug-likeness (QED) is 0.868. The number of hydrogen-bond donors (Lipinski definition) is 2. The molecule has 0 aromatic heterocycles. The van der Waals surface area contributed by atoms with E-state index in [4.69, 9.17) is 16.7 Å². The molecule has 1 aliphatic heterocycles. The molecule has 1 aromatic rings. The summed E-state index contributed by atoms with van der Waals surface area (Å²) >= 11 is 5.86. The Morgan fingerprint density at radius 3 is 2.79 bits per heavy atom. The zero-order valence-electron chi connectivity index (χ0n) is 12.9. The Morgan fingerprint density at radius 2 is 2.17 bits per heavy atom. The average molecular weight is 359 g/mol. The largest absolute Gasteiger partial charge is 0.465 e. The van der Waals surface area contributed by atoms with Gasteiger partial charge in [-0.15, -0.1) is 0 Å². The smallest absolute Gasteiger partial charge is 0.408 e. The number of likely N-dealkylation sites (tertiary alicyclic amines) is 1. The van der Waals surface area contributed by atoms with E-state index >= 15 is 0 Å². The van der Waals surface area contributed by atoms with Crippen molar-refractivity contribution >= 4 is 29.2 Å². The maximum absolute atomic E-state index is 14.2. The third-order valence-corrected chi connectivity index (χ3v) is 4.12. The van der Waals surface area contributed by atoms with Gasteiger partial charge >= 0.3 is 6.09 Å². The van der Waals surface area contributed by atoms with Crippen LogP contribution >= 0.6 is 11.6 Å². The number of allylic oxidation sites excluding steroid dienone is 1. The van der Waals surface area contributed by atoms with E-state index in [1.54, 1.807) is 31.2 Å². The van der Waals surface area contributed by atoms with Crippen LogP contribution in [0.25, 0.3) is 5.57 Å². The maximum atomic E-state index is 14.2. The second-order valence-electron chi connectivity index (χ2n) is 5.54. The number of hydrogen-bond acceptors (Lipinski definition) is 2. The van der Waals surface area contributed by atoms with E-state index in [-0.39, 0.29) is 13.0 Å². The standard InChI is InChI=1S/C16H17ClF2N2O3/c1-9(10-3-2-4-11(17)5-10)13(19)7-20-15(22)14-6-12(18)8-21(14)16(23)24/h2-5,12,14H,6-8H2,1H3,(H,20,22)(H,23,24)/b13-9+/t12-,14+/m1/s1. The zero-order valence-corrected chi connectivity index (χ0v) is 13.7. The van der Waals surface area contributed by atoms with Crippen LogP contribution in [-0.2, 0) is 4.79 Å². The molecule has 1 aromatic carbocycles. The fourth-order valence-corrected chi connectivity index (χ4v) is 2.73. The molecule has 130 valence electrons. The Morgan fingerprint density at radius 1 is 1.46 bits per heavy atom. The van der Waals surface area contributed by atoms with Crippen LogP contribution in [0.4, 0.5) is 13.6 Å². The van der Waals surface area contributed by atoms with Crippen molar-refractivity contribution in [3.05, 3.63) is 40.7 Å². The van der Waals surface area contributed by atoms with E-state index in [0.717, 1.165) is 4.90 Å². The number of carbonyl (C=O) groups is 2. The molecular weight excluding hydrogens is 342 g/mol. The van der Waals surface area contributed by atoms with Gasteiger partial charge in [-0.3, -0.25) is 9.69 Å². The van der Waals surface area contributed by atoms with Gasteiger partial charge in [-0.2, -0.15) is 0 Å². The Kier molecular flexibility index (Phi) is 5.77. The van der Waals surface area contributed by atoms with E-state index in [0.29, 0.717) is 16.2 Å². The van der Waals surface area contributed by atoms with Crippen molar-refractivity contribution in [2.45, 2.75) is 25.6 Å². The monoisotopic (exact) mass is 358 g/mol. The number of nitrogens with zero attached hydrogens (tertiary/aromatic N) is 1. The average Bonchev–Trinajstić information content (AvgIpc) is 2.94. The number of carboxylic acid groups (broad SMARTS) is 1. The van der Waals surface area contributed by atoms with Gasteiger partial charge in [-0.05, 0) is 30.2 Å². The molecule has 24 heavy (non-hydrogen) atoms. The van der Waals surface area contributed by atoms with E-state index in [9.17, 15) is 18.4 Å². The predicted octanol–water partition coefficient (Wildman–Crippen LogP) is 3.25. The summed E-state index contributed by atoms with van der Waals surface area (Å²) in [5.74, 6) is -1.30. The summed E-state index contributed by atoms with van der Waals surface area (Å²) in [5.41, 5.74) is 0.883. The van der Waals surface area contributed by atoms with Gasteiger partial charge < -0.3 is 10.4 Å². The van der Waals surface area contributed by atoms with Crippen LogP contribution in [-0.4, -0.2) is 47.3 Å². The highest BCUT2D eigenvalue weighted by atomic mass is 35.5.